The van der Waals surface area contributed by atoms with E-state index >= 15 is 0 Å². The minimum absolute atomic E-state index is 0.0821. The third kappa shape index (κ3) is 4.17. The third-order valence-corrected chi connectivity index (χ3v) is 4.54. The molecule has 0 aromatic rings. The number of nitrogens with zero attached hydrogens (tertiary/aromatic N) is 2. The predicted molar refractivity (Wildman–Crippen MR) is 69.0 cm³/mol. The first-order valence-corrected chi connectivity index (χ1v) is 7.85. The molecule has 0 bridgehead atoms. The fourth-order valence-corrected chi connectivity index (χ4v) is 2.66. The number of piperazine rings is 1. The first-order chi connectivity index (χ1) is 8.54. The maximum absolute atomic E-state index is 12.0. The van der Waals surface area contributed by atoms with Gasteiger partial charge in [-0.05, 0) is 13.8 Å². The standard InChI is InChI=1S/C11H20N2O5S/c1-11(2,10(15)16)8-9(14)12-4-6-13(7-5-12)19(3,17)18/h4-8H2,1-3H3,(H,15,16). The van der Waals surface area contributed by atoms with Gasteiger partial charge in [0, 0.05) is 32.6 Å². The summed E-state index contributed by atoms with van der Waals surface area (Å²) in [7, 11) is -3.22. The Balaban J connectivity index is 2.57. The molecule has 1 fully saturated rings. The second-order valence-corrected chi connectivity index (χ2v) is 7.39. The molecular weight excluding hydrogens is 272 g/mol. The number of aliphatic carboxylic acids is 1. The van der Waals surface area contributed by atoms with E-state index in [1.807, 2.05) is 0 Å². The normalized spacial score (nSPS) is 18.4. The van der Waals surface area contributed by atoms with Gasteiger partial charge in [0.25, 0.3) is 0 Å². The summed E-state index contributed by atoms with van der Waals surface area (Å²) in [6.45, 7) is 4.14. The number of rotatable bonds is 4. The van der Waals surface area contributed by atoms with Crippen LogP contribution in [-0.4, -0.2) is 67.0 Å². The van der Waals surface area contributed by atoms with Gasteiger partial charge in [-0.2, -0.15) is 4.31 Å². The number of carboxylic acid groups (broad SMARTS) is 1. The SMILES string of the molecule is CC(C)(CC(=O)N1CCN(S(C)(=O)=O)CC1)C(=O)O. The van der Waals surface area contributed by atoms with Gasteiger partial charge in [0.2, 0.25) is 15.9 Å². The Morgan fingerprint density at radius 2 is 1.63 bits per heavy atom. The molecule has 1 saturated heterocycles. The number of carboxylic acids is 1. The largest absolute Gasteiger partial charge is 0.481 e. The van der Waals surface area contributed by atoms with Crippen LogP contribution in [0.15, 0.2) is 0 Å². The molecule has 0 aromatic carbocycles. The number of sulfonamides is 1. The molecular formula is C11H20N2O5S. The molecule has 1 heterocycles. The zero-order valence-electron chi connectivity index (χ0n) is 11.4. The maximum Gasteiger partial charge on any atom is 0.309 e. The van der Waals surface area contributed by atoms with Crippen molar-refractivity contribution < 1.29 is 23.1 Å². The van der Waals surface area contributed by atoms with Crippen molar-refractivity contribution in [2.75, 3.05) is 32.4 Å². The fraction of sp³-hybridized carbons (Fsp3) is 0.818. The van der Waals surface area contributed by atoms with E-state index in [4.69, 9.17) is 5.11 Å². The lowest BCUT2D eigenvalue weighted by atomic mass is 9.89. The molecule has 0 saturated carbocycles. The van der Waals surface area contributed by atoms with Crippen LogP contribution in [0.25, 0.3) is 0 Å². The molecule has 0 radical (unpaired) electrons. The van der Waals surface area contributed by atoms with Gasteiger partial charge in [-0.15, -0.1) is 0 Å². The molecule has 1 aliphatic rings. The van der Waals surface area contributed by atoms with Crippen molar-refractivity contribution in [2.45, 2.75) is 20.3 Å². The summed E-state index contributed by atoms with van der Waals surface area (Å²) >= 11 is 0. The van der Waals surface area contributed by atoms with Gasteiger partial charge >= 0.3 is 5.97 Å². The first-order valence-electron chi connectivity index (χ1n) is 6.00. The Morgan fingerprint density at radius 3 is 2.00 bits per heavy atom. The summed E-state index contributed by atoms with van der Waals surface area (Å²) in [5, 5.41) is 8.98. The van der Waals surface area contributed by atoms with Crippen molar-refractivity contribution in [1.82, 2.24) is 9.21 Å². The summed E-state index contributed by atoms with van der Waals surface area (Å²) in [4.78, 5) is 24.5. The molecule has 1 aliphatic heterocycles. The van der Waals surface area contributed by atoms with Crippen molar-refractivity contribution in [1.29, 1.82) is 0 Å². The van der Waals surface area contributed by atoms with Crippen LogP contribution in [0.4, 0.5) is 0 Å². The molecule has 0 atom stereocenters. The van der Waals surface area contributed by atoms with E-state index in [1.165, 1.54) is 23.1 Å². The van der Waals surface area contributed by atoms with E-state index < -0.39 is 21.4 Å². The highest BCUT2D eigenvalue weighted by Crippen LogP contribution is 2.22. The van der Waals surface area contributed by atoms with Crippen LogP contribution in [0.1, 0.15) is 20.3 Å². The summed E-state index contributed by atoms with van der Waals surface area (Å²) in [6.07, 6.45) is 1.05. The molecule has 1 rings (SSSR count). The van der Waals surface area contributed by atoms with Gasteiger partial charge in [-0.3, -0.25) is 9.59 Å². The number of carbonyl (C=O) groups is 2. The first kappa shape index (κ1) is 15.9. The van der Waals surface area contributed by atoms with Crippen LogP contribution < -0.4 is 0 Å². The van der Waals surface area contributed by atoms with Gasteiger partial charge < -0.3 is 10.0 Å². The molecule has 0 unspecified atom stereocenters. The Hall–Kier alpha value is -1.15. The van der Waals surface area contributed by atoms with Gasteiger partial charge in [-0.1, -0.05) is 0 Å². The molecule has 1 N–H and O–H groups in total. The van der Waals surface area contributed by atoms with E-state index in [1.54, 1.807) is 0 Å². The Bertz CT molecular complexity index is 463. The van der Waals surface area contributed by atoms with Crippen LogP contribution in [-0.2, 0) is 19.6 Å². The molecule has 8 heteroatoms. The summed E-state index contributed by atoms with van der Waals surface area (Å²) in [5.74, 6) is -1.27. The number of hydrogen-bond donors (Lipinski definition) is 1. The highest BCUT2D eigenvalue weighted by Gasteiger charge is 2.33. The molecule has 110 valence electrons. The van der Waals surface area contributed by atoms with Crippen LogP contribution in [0, 0.1) is 5.41 Å². The summed E-state index contributed by atoms with van der Waals surface area (Å²) in [6, 6.07) is 0. The molecule has 19 heavy (non-hydrogen) atoms. The van der Waals surface area contributed by atoms with Crippen LogP contribution >= 0.6 is 0 Å². The minimum atomic E-state index is -3.22. The number of amides is 1. The van der Waals surface area contributed by atoms with E-state index in [0.717, 1.165) is 6.26 Å². The van der Waals surface area contributed by atoms with Crippen molar-refractivity contribution in [3.63, 3.8) is 0 Å². The Labute approximate surface area is 113 Å². The van der Waals surface area contributed by atoms with Gasteiger partial charge in [0.05, 0.1) is 11.7 Å². The highest BCUT2D eigenvalue weighted by atomic mass is 32.2. The van der Waals surface area contributed by atoms with E-state index in [9.17, 15) is 18.0 Å². The third-order valence-electron chi connectivity index (χ3n) is 3.23. The number of hydrogen-bond acceptors (Lipinski definition) is 4. The van der Waals surface area contributed by atoms with Crippen LogP contribution in [0.2, 0.25) is 0 Å². The zero-order chi connectivity index (χ0) is 14.8. The van der Waals surface area contributed by atoms with Crippen molar-refractivity contribution in [3.8, 4) is 0 Å². The van der Waals surface area contributed by atoms with Crippen molar-refractivity contribution in [2.24, 2.45) is 5.41 Å². The van der Waals surface area contributed by atoms with E-state index in [2.05, 4.69) is 0 Å². The second kappa shape index (κ2) is 5.46. The Morgan fingerprint density at radius 1 is 1.16 bits per heavy atom. The molecule has 0 aromatic heterocycles. The zero-order valence-corrected chi connectivity index (χ0v) is 12.2. The molecule has 7 nitrogen and oxygen atoms in total. The summed E-state index contributed by atoms with van der Waals surface area (Å²) < 4.78 is 24.0. The van der Waals surface area contributed by atoms with Gasteiger partial charge in [-0.25, -0.2) is 8.42 Å². The van der Waals surface area contributed by atoms with Crippen LogP contribution in [0.3, 0.4) is 0 Å². The van der Waals surface area contributed by atoms with Crippen LogP contribution in [0.5, 0.6) is 0 Å². The predicted octanol–water partition coefficient (Wildman–Crippen LogP) is -0.409. The van der Waals surface area contributed by atoms with E-state index in [0.29, 0.717) is 13.1 Å². The molecule has 1 amide bonds. The lowest BCUT2D eigenvalue weighted by Crippen LogP contribution is -2.51. The molecule has 0 aliphatic carbocycles. The average molecular weight is 292 g/mol. The second-order valence-electron chi connectivity index (χ2n) is 5.41. The van der Waals surface area contributed by atoms with Crippen molar-refractivity contribution in [3.05, 3.63) is 0 Å². The highest BCUT2D eigenvalue weighted by molar-refractivity contribution is 7.88. The average Bonchev–Trinajstić information content (AvgIpc) is 2.27. The lowest BCUT2D eigenvalue weighted by Gasteiger charge is -2.34. The topological polar surface area (TPSA) is 95.0 Å². The number of carbonyl (C=O) groups excluding carboxylic acids is 1. The van der Waals surface area contributed by atoms with Gasteiger partial charge in [0.15, 0.2) is 0 Å². The van der Waals surface area contributed by atoms with Crippen molar-refractivity contribution >= 4 is 21.9 Å². The quantitative estimate of drug-likeness (QED) is 0.760. The summed E-state index contributed by atoms with van der Waals surface area (Å²) in [5.41, 5.74) is -1.11. The van der Waals surface area contributed by atoms with Gasteiger partial charge in [0.1, 0.15) is 0 Å². The smallest absolute Gasteiger partial charge is 0.309 e. The maximum atomic E-state index is 12.0. The molecule has 0 spiro atoms. The van der Waals surface area contributed by atoms with E-state index in [-0.39, 0.29) is 25.4 Å². The monoisotopic (exact) mass is 292 g/mol. The minimum Gasteiger partial charge on any atom is -0.481 e. The fourth-order valence-electron chi connectivity index (χ4n) is 1.83. The lowest BCUT2D eigenvalue weighted by molar-refractivity contribution is -0.151. The Kier molecular flexibility index (Phi) is 4.57.